The highest BCUT2D eigenvalue weighted by atomic mass is 35.5. The number of rotatable bonds is 6. The number of hydrogen-bond donors (Lipinski definition) is 1. The monoisotopic (exact) mass is 308 g/mol. The first-order chi connectivity index (χ1) is 10.1. The molecule has 2 nitrogen and oxygen atoms in total. The Bertz CT molecular complexity index is 601. The van der Waals surface area contributed by atoms with Crippen molar-refractivity contribution in [3.05, 3.63) is 64.4 Å². The predicted octanol–water partition coefficient (Wildman–Crippen LogP) is 4.54. The third-order valence-electron chi connectivity index (χ3n) is 3.14. The van der Waals surface area contributed by atoms with Crippen molar-refractivity contribution >= 4 is 11.6 Å². The Morgan fingerprint density at radius 3 is 2.76 bits per heavy atom. The van der Waals surface area contributed by atoms with Crippen LogP contribution in [-0.4, -0.2) is 11.7 Å². The molecule has 0 radical (unpaired) electrons. The Morgan fingerprint density at radius 2 is 2.05 bits per heavy atom. The molecule has 112 valence electrons. The normalized spacial score (nSPS) is 12.2. The number of benzene rings is 2. The molecule has 0 heterocycles. The van der Waals surface area contributed by atoms with Crippen LogP contribution in [0.5, 0.6) is 5.75 Å². The van der Waals surface area contributed by atoms with Gasteiger partial charge in [0.15, 0.2) is 0 Å². The largest absolute Gasteiger partial charge is 0.494 e. The minimum absolute atomic E-state index is 0.195. The van der Waals surface area contributed by atoms with E-state index >= 15 is 0 Å². The Hall–Kier alpha value is -1.58. The van der Waals surface area contributed by atoms with E-state index in [1.54, 1.807) is 24.3 Å². The van der Waals surface area contributed by atoms with Crippen LogP contribution in [0.25, 0.3) is 0 Å². The molecule has 1 N–H and O–H groups in total. The lowest BCUT2D eigenvalue weighted by molar-refractivity contribution is 0.176. The van der Waals surface area contributed by atoms with E-state index < -0.39 is 11.9 Å². The first-order valence-electron chi connectivity index (χ1n) is 6.95. The highest BCUT2D eigenvalue weighted by molar-refractivity contribution is 6.30. The van der Waals surface area contributed by atoms with Crippen molar-refractivity contribution in [1.82, 2.24) is 0 Å². The van der Waals surface area contributed by atoms with Crippen molar-refractivity contribution in [2.24, 2.45) is 0 Å². The molecule has 1 atom stereocenters. The summed E-state index contributed by atoms with van der Waals surface area (Å²) in [6, 6.07) is 11.7. The van der Waals surface area contributed by atoms with Gasteiger partial charge in [-0.2, -0.15) is 0 Å². The molecule has 0 saturated carbocycles. The van der Waals surface area contributed by atoms with Gasteiger partial charge in [0.05, 0.1) is 12.7 Å². The lowest BCUT2D eigenvalue weighted by Gasteiger charge is -2.13. The number of aliphatic hydroxyl groups is 1. The molecule has 21 heavy (non-hydrogen) atoms. The van der Waals surface area contributed by atoms with Crippen LogP contribution in [0, 0.1) is 5.82 Å². The van der Waals surface area contributed by atoms with Crippen LogP contribution in [0.4, 0.5) is 4.39 Å². The van der Waals surface area contributed by atoms with Gasteiger partial charge in [0.2, 0.25) is 0 Å². The summed E-state index contributed by atoms with van der Waals surface area (Å²) in [5.41, 5.74) is 1.14. The van der Waals surface area contributed by atoms with Crippen LogP contribution < -0.4 is 4.74 Å². The summed E-state index contributed by atoms with van der Waals surface area (Å²) in [5.74, 6) is 0.310. The molecule has 0 fully saturated rings. The summed E-state index contributed by atoms with van der Waals surface area (Å²) in [4.78, 5) is 0. The van der Waals surface area contributed by atoms with Crippen LogP contribution in [-0.2, 0) is 6.42 Å². The molecule has 0 amide bonds. The van der Waals surface area contributed by atoms with E-state index in [1.807, 2.05) is 19.1 Å². The number of ether oxygens (including phenoxy) is 1. The van der Waals surface area contributed by atoms with Crippen LogP contribution >= 0.6 is 11.6 Å². The van der Waals surface area contributed by atoms with Crippen LogP contribution in [0.1, 0.15) is 30.6 Å². The second kappa shape index (κ2) is 7.43. The van der Waals surface area contributed by atoms with Gasteiger partial charge in [0.25, 0.3) is 0 Å². The van der Waals surface area contributed by atoms with E-state index in [0.717, 1.165) is 6.42 Å². The van der Waals surface area contributed by atoms with Crippen molar-refractivity contribution < 1.29 is 14.2 Å². The highest BCUT2D eigenvalue weighted by Crippen LogP contribution is 2.24. The van der Waals surface area contributed by atoms with Gasteiger partial charge in [-0.1, -0.05) is 36.7 Å². The fraction of sp³-hybridized carbons (Fsp3) is 0.294. The number of hydrogen-bond acceptors (Lipinski definition) is 2. The van der Waals surface area contributed by atoms with Gasteiger partial charge in [-0.15, -0.1) is 0 Å². The second-order valence-electron chi connectivity index (χ2n) is 4.88. The smallest absolute Gasteiger partial charge is 0.127 e. The Morgan fingerprint density at radius 1 is 1.24 bits per heavy atom. The van der Waals surface area contributed by atoms with Crippen LogP contribution in [0.3, 0.4) is 0 Å². The molecular formula is C17H18ClFO2. The molecule has 0 aliphatic rings. The van der Waals surface area contributed by atoms with E-state index in [1.165, 1.54) is 6.07 Å². The topological polar surface area (TPSA) is 29.5 Å². The maximum absolute atomic E-state index is 13.8. The molecule has 2 rings (SSSR count). The van der Waals surface area contributed by atoms with Gasteiger partial charge in [0, 0.05) is 11.4 Å². The lowest BCUT2D eigenvalue weighted by atomic mass is 10.0. The SMILES string of the molecule is CCCOc1cccc(C(O)Cc2ccc(Cl)cc2F)c1. The van der Waals surface area contributed by atoms with E-state index in [9.17, 15) is 9.50 Å². The standard InChI is InChI=1S/C17H18ClFO2/c1-2-8-21-15-5-3-4-13(9-15)17(20)10-12-6-7-14(18)11-16(12)19/h3-7,9,11,17,20H,2,8,10H2,1H3. The lowest BCUT2D eigenvalue weighted by Crippen LogP contribution is -2.04. The molecule has 4 heteroatoms. The predicted molar refractivity (Wildman–Crippen MR) is 82.3 cm³/mol. The van der Waals surface area contributed by atoms with Gasteiger partial charge >= 0.3 is 0 Å². The molecule has 0 spiro atoms. The maximum Gasteiger partial charge on any atom is 0.127 e. The maximum atomic E-state index is 13.8. The third kappa shape index (κ3) is 4.45. The van der Waals surface area contributed by atoms with Crippen molar-refractivity contribution in [3.63, 3.8) is 0 Å². The van der Waals surface area contributed by atoms with Gasteiger partial charge in [-0.25, -0.2) is 4.39 Å². The Kier molecular flexibility index (Phi) is 5.59. The molecule has 2 aromatic rings. The van der Waals surface area contributed by atoms with Gasteiger partial charge in [-0.05, 0) is 41.8 Å². The average Bonchev–Trinajstić information content (AvgIpc) is 2.48. The summed E-state index contributed by atoms with van der Waals surface area (Å²) in [6.07, 6.45) is 0.328. The molecule has 0 aliphatic carbocycles. The fourth-order valence-corrected chi connectivity index (χ4v) is 2.20. The van der Waals surface area contributed by atoms with Crippen molar-refractivity contribution in [2.45, 2.75) is 25.9 Å². The third-order valence-corrected chi connectivity index (χ3v) is 3.38. The van der Waals surface area contributed by atoms with Crippen molar-refractivity contribution in [3.8, 4) is 5.75 Å². The summed E-state index contributed by atoms with van der Waals surface area (Å²) in [5, 5.41) is 10.6. The minimum Gasteiger partial charge on any atom is -0.494 e. The minimum atomic E-state index is -0.786. The molecule has 0 aliphatic heterocycles. The van der Waals surface area contributed by atoms with Gasteiger partial charge in [-0.3, -0.25) is 0 Å². The zero-order valence-corrected chi connectivity index (χ0v) is 12.6. The average molecular weight is 309 g/mol. The van der Waals surface area contributed by atoms with E-state index in [0.29, 0.717) is 28.5 Å². The molecule has 0 bridgehead atoms. The second-order valence-corrected chi connectivity index (χ2v) is 5.31. The molecule has 1 unspecified atom stereocenters. The Labute approximate surface area is 129 Å². The molecular weight excluding hydrogens is 291 g/mol. The first-order valence-corrected chi connectivity index (χ1v) is 7.32. The molecule has 0 saturated heterocycles. The zero-order chi connectivity index (χ0) is 15.2. The molecule has 0 aromatic heterocycles. The first kappa shape index (κ1) is 15.8. The van der Waals surface area contributed by atoms with E-state index in [2.05, 4.69) is 0 Å². The summed E-state index contributed by atoms with van der Waals surface area (Å²) in [7, 11) is 0. The van der Waals surface area contributed by atoms with Crippen molar-refractivity contribution in [2.75, 3.05) is 6.61 Å². The number of aliphatic hydroxyl groups excluding tert-OH is 1. The highest BCUT2D eigenvalue weighted by Gasteiger charge is 2.12. The summed E-state index contributed by atoms with van der Waals surface area (Å²) in [6.45, 7) is 2.66. The van der Waals surface area contributed by atoms with E-state index in [-0.39, 0.29) is 6.42 Å². The zero-order valence-electron chi connectivity index (χ0n) is 11.9. The molecule has 2 aromatic carbocycles. The Balaban J connectivity index is 2.10. The fourth-order valence-electron chi connectivity index (χ4n) is 2.04. The summed E-state index contributed by atoms with van der Waals surface area (Å²) < 4.78 is 19.3. The number of halogens is 2. The van der Waals surface area contributed by atoms with Crippen LogP contribution in [0.15, 0.2) is 42.5 Å². The quantitative estimate of drug-likeness (QED) is 0.848. The van der Waals surface area contributed by atoms with Crippen LogP contribution in [0.2, 0.25) is 5.02 Å². The van der Waals surface area contributed by atoms with Crippen molar-refractivity contribution in [1.29, 1.82) is 0 Å². The van der Waals surface area contributed by atoms with Gasteiger partial charge in [0.1, 0.15) is 11.6 Å². The van der Waals surface area contributed by atoms with Gasteiger partial charge < -0.3 is 9.84 Å². The summed E-state index contributed by atoms with van der Waals surface area (Å²) >= 11 is 5.72. The van der Waals surface area contributed by atoms with E-state index in [4.69, 9.17) is 16.3 Å².